The summed E-state index contributed by atoms with van der Waals surface area (Å²) in [5.41, 5.74) is 2.10. The molecule has 0 aliphatic heterocycles. The molecule has 3 rings (SSSR count). The Bertz CT molecular complexity index is 917. The zero-order valence-electron chi connectivity index (χ0n) is 19.8. The third-order valence-electron chi connectivity index (χ3n) is 6.18. The first-order valence-corrected chi connectivity index (χ1v) is 12.1. The summed E-state index contributed by atoms with van der Waals surface area (Å²) in [6.45, 7) is 10.2. The number of aromatic nitrogens is 1. The van der Waals surface area contributed by atoms with Crippen LogP contribution in [-0.4, -0.2) is 45.3 Å². The second-order valence-corrected chi connectivity index (χ2v) is 9.98. The minimum atomic E-state index is 0.00515. The molecular weight excluding hydrogens is 422 g/mol. The lowest BCUT2D eigenvalue weighted by molar-refractivity contribution is -0.146. The Kier molecular flexibility index (Phi) is 8.41. The van der Waals surface area contributed by atoms with Crippen LogP contribution in [0, 0.1) is 11.8 Å². The molecule has 1 aromatic carbocycles. The summed E-state index contributed by atoms with van der Waals surface area (Å²) in [6.07, 6.45) is 5.03. The molecule has 1 aliphatic rings. The molecule has 6 heteroatoms. The highest BCUT2D eigenvalue weighted by Crippen LogP contribution is 2.29. The molecule has 2 aromatic rings. The number of rotatable bonds is 10. The van der Waals surface area contributed by atoms with Gasteiger partial charge < -0.3 is 14.4 Å². The normalized spacial score (nSPS) is 14.0. The van der Waals surface area contributed by atoms with Gasteiger partial charge in [-0.3, -0.25) is 9.59 Å². The zero-order valence-corrected chi connectivity index (χ0v) is 20.5. The fourth-order valence-electron chi connectivity index (χ4n) is 4.10. The molecule has 0 unspecified atom stereocenters. The van der Waals surface area contributed by atoms with E-state index in [2.05, 4.69) is 24.5 Å². The van der Waals surface area contributed by atoms with E-state index in [1.807, 2.05) is 55.3 Å². The van der Waals surface area contributed by atoms with Crippen molar-refractivity contribution in [2.75, 3.05) is 13.1 Å². The van der Waals surface area contributed by atoms with E-state index in [9.17, 15) is 9.59 Å². The summed E-state index contributed by atoms with van der Waals surface area (Å²) in [5.74, 6) is 0.564. The van der Waals surface area contributed by atoms with Crippen LogP contribution < -0.4 is 0 Å². The first kappa shape index (κ1) is 24.4. The first-order chi connectivity index (χ1) is 15.3. The van der Waals surface area contributed by atoms with Gasteiger partial charge in [0.1, 0.15) is 0 Å². The summed E-state index contributed by atoms with van der Waals surface area (Å²) in [6, 6.07) is 11.9. The molecule has 1 heterocycles. The van der Waals surface area contributed by atoms with Gasteiger partial charge in [-0.2, -0.15) is 0 Å². The van der Waals surface area contributed by atoms with E-state index >= 15 is 0 Å². The highest BCUT2D eigenvalue weighted by molar-refractivity contribution is 6.31. The van der Waals surface area contributed by atoms with Gasteiger partial charge in [-0.05, 0) is 56.4 Å². The number of hydrogen-bond acceptors (Lipinski definition) is 2. The molecule has 1 aliphatic carbocycles. The van der Waals surface area contributed by atoms with Crippen LogP contribution in [-0.2, 0) is 22.7 Å². The van der Waals surface area contributed by atoms with Crippen molar-refractivity contribution < 1.29 is 9.59 Å². The predicted octanol–water partition coefficient (Wildman–Crippen LogP) is 5.21. The number of benzene rings is 1. The maximum atomic E-state index is 13.4. The van der Waals surface area contributed by atoms with E-state index in [0.29, 0.717) is 25.6 Å². The second-order valence-electron chi connectivity index (χ2n) is 9.57. The van der Waals surface area contributed by atoms with Crippen LogP contribution >= 0.6 is 11.6 Å². The van der Waals surface area contributed by atoms with Crippen LogP contribution in [0.5, 0.6) is 0 Å². The summed E-state index contributed by atoms with van der Waals surface area (Å²) < 4.78 is 2.14. The summed E-state index contributed by atoms with van der Waals surface area (Å²) in [7, 11) is 0. The van der Waals surface area contributed by atoms with Gasteiger partial charge >= 0.3 is 0 Å². The summed E-state index contributed by atoms with van der Waals surface area (Å²) >= 11 is 6.36. The van der Waals surface area contributed by atoms with Crippen molar-refractivity contribution in [3.05, 3.63) is 58.9 Å². The third kappa shape index (κ3) is 6.16. The van der Waals surface area contributed by atoms with Gasteiger partial charge in [-0.15, -0.1) is 0 Å². The summed E-state index contributed by atoms with van der Waals surface area (Å²) in [4.78, 5) is 29.9. The smallest absolute Gasteiger partial charge is 0.242 e. The standard InChI is InChI=1S/C26H36ClN3O2/c1-19(2)15-29(25(31)18-30(20(3)4)26(32)21-10-7-11-21)17-23-12-8-14-28(23)16-22-9-5-6-13-24(22)27/h5-6,8-9,12-14,19-21H,7,10-11,15-18H2,1-4H3. The maximum absolute atomic E-state index is 13.4. The number of hydrogen-bond donors (Lipinski definition) is 0. The topological polar surface area (TPSA) is 45.6 Å². The molecule has 1 fully saturated rings. The Morgan fingerprint density at radius 1 is 1.09 bits per heavy atom. The monoisotopic (exact) mass is 457 g/mol. The van der Waals surface area contributed by atoms with Gasteiger partial charge in [-0.25, -0.2) is 0 Å². The predicted molar refractivity (Wildman–Crippen MR) is 129 cm³/mol. The van der Waals surface area contributed by atoms with Crippen molar-refractivity contribution in [3.63, 3.8) is 0 Å². The fraction of sp³-hybridized carbons (Fsp3) is 0.538. The van der Waals surface area contributed by atoms with E-state index in [1.165, 1.54) is 0 Å². The zero-order chi connectivity index (χ0) is 23.3. The Morgan fingerprint density at radius 3 is 2.41 bits per heavy atom. The van der Waals surface area contributed by atoms with E-state index in [0.717, 1.165) is 35.5 Å². The Morgan fingerprint density at radius 2 is 1.81 bits per heavy atom. The number of carbonyl (C=O) groups excluding carboxylic acids is 2. The van der Waals surface area contributed by atoms with Crippen molar-refractivity contribution in [3.8, 4) is 0 Å². The Hall–Kier alpha value is -2.27. The van der Waals surface area contributed by atoms with E-state index < -0.39 is 0 Å². The van der Waals surface area contributed by atoms with E-state index in [4.69, 9.17) is 11.6 Å². The second kappa shape index (κ2) is 11.0. The lowest BCUT2D eigenvalue weighted by Gasteiger charge is -2.35. The molecule has 0 saturated heterocycles. The average molecular weight is 458 g/mol. The van der Waals surface area contributed by atoms with Crippen LogP contribution in [0.3, 0.4) is 0 Å². The molecule has 2 amide bonds. The highest BCUT2D eigenvalue weighted by atomic mass is 35.5. The maximum Gasteiger partial charge on any atom is 0.242 e. The fourth-order valence-corrected chi connectivity index (χ4v) is 4.29. The van der Waals surface area contributed by atoms with E-state index in [1.54, 1.807) is 4.90 Å². The molecule has 0 spiro atoms. The van der Waals surface area contributed by atoms with Crippen molar-refractivity contribution >= 4 is 23.4 Å². The van der Waals surface area contributed by atoms with Gasteiger partial charge in [-0.1, -0.05) is 50.1 Å². The quantitative estimate of drug-likeness (QED) is 0.491. The van der Waals surface area contributed by atoms with Crippen molar-refractivity contribution in [1.29, 1.82) is 0 Å². The van der Waals surface area contributed by atoms with Crippen molar-refractivity contribution in [2.45, 2.75) is 66.1 Å². The minimum absolute atomic E-state index is 0.00515. The molecule has 1 aromatic heterocycles. The molecular formula is C26H36ClN3O2. The molecule has 0 radical (unpaired) electrons. The highest BCUT2D eigenvalue weighted by Gasteiger charge is 2.32. The third-order valence-corrected chi connectivity index (χ3v) is 6.55. The van der Waals surface area contributed by atoms with Gasteiger partial charge in [0.15, 0.2) is 0 Å². The van der Waals surface area contributed by atoms with Crippen LogP contribution in [0.25, 0.3) is 0 Å². The van der Waals surface area contributed by atoms with Gasteiger partial charge in [0.2, 0.25) is 11.8 Å². The molecule has 0 atom stereocenters. The average Bonchev–Trinajstić information content (AvgIpc) is 3.11. The summed E-state index contributed by atoms with van der Waals surface area (Å²) in [5, 5.41) is 0.740. The number of halogens is 1. The van der Waals surface area contributed by atoms with Gasteiger partial charge in [0, 0.05) is 42.0 Å². The van der Waals surface area contributed by atoms with Gasteiger partial charge in [0.05, 0.1) is 13.1 Å². The van der Waals surface area contributed by atoms with Crippen LogP contribution in [0.4, 0.5) is 0 Å². The number of carbonyl (C=O) groups is 2. The van der Waals surface area contributed by atoms with Crippen LogP contribution in [0.2, 0.25) is 5.02 Å². The molecule has 32 heavy (non-hydrogen) atoms. The lowest BCUT2D eigenvalue weighted by atomic mass is 9.84. The number of amides is 2. The molecule has 0 N–H and O–H groups in total. The van der Waals surface area contributed by atoms with Crippen molar-refractivity contribution in [2.24, 2.45) is 11.8 Å². The Balaban J connectivity index is 1.74. The molecule has 0 bridgehead atoms. The number of nitrogens with zero attached hydrogens (tertiary/aromatic N) is 3. The largest absolute Gasteiger partial charge is 0.345 e. The molecule has 1 saturated carbocycles. The van der Waals surface area contributed by atoms with Crippen LogP contribution in [0.15, 0.2) is 42.6 Å². The Labute approximate surface area is 197 Å². The molecule has 174 valence electrons. The van der Waals surface area contributed by atoms with Gasteiger partial charge in [0.25, 0.3) is 0 Å². The van der Waals surface area contributed by atoms with E-state index in [-0.39, 0.29) is 30.3 Å². The first-order valence-electron chi connectivity index (χ1n) is 11.7. The van der Waals surface area contributed by atoms with Crippen molar-refractivity contribution in [1.82, 2.24) is 14.4 Å². The molecule has 5 nitrogen and oxygen atoms in total. The minimum Gasteiger partial charge on any atom is -0.345 e. The SMILES string of the molecule is CC(C)CN(Cc1cccn1Cc1ccccc1Cl)C(=O)CN(C(=O)C1CCC1)C(C)C. The van der Waals surface area contributed by atoms with Crippen LogP contribution in [0.1, 0.15) is 58.2 Å². The lowest BCUT2D eigenvalue weighted by Crippen LogP contribution is -2.49.